The molecule has 0 bridgehead atoms. The van der Waals surface area contributed by atoms with Gasteiger partial charge in [-0.2, -0.15) is 4.98 Å². The van der Waals surface area contributed by atoms with E-state index in [0.29, 0.717) is 11.7 Å². The lowest BCUT2D eigenvalue weighted by atomic mass is 10.2. The van der Waals surface area contributed by atoms with Crippen molar-refractivity contribution < 1.29 is 9.26 Å². The summed E-state index contributed by atoms with van der Waals surface area (Å²) in [6, 6.07) is 10.1. The number of likely N-dealkylation sites (tertiary alicyclic amines) is 1. The van der Waals surface area contributed by atoms with E-state index in [1.807, 2.05) is 37.3 Å². The number of hydrogen-bond acceptors (Lipinski definition) is 8. The highest BCUT2D eigenvalue weighted by molar-refractivity contribution is 7.13. The van der Waals surface area contributed by atoms with Gasteiger partial charge in [-0.05, 0) is 25.5 Å². The molecule has 0 aliphatic carbocycles. The minimum atomic E-state index is 0.0633. The number of ether oxygens (including phenoxy) is 1. The van der Waals surface area contributed by atoms with Crippen molar-refractivity contribution in [1.82, 2.24) is 20.0 Å². The van der Waals surface area contributed by atoms with E-state index < -0.39 is 0 Å². The van der Waals surface area contributed by atoms with Crippen molar-refractivity contribution in [2.45, 2.75) is 32.0 Å². The summed E-state index contributed by atoms with van der Waals surface area (Å²) >= 11 is 1.60. The number of hydrogen-bond donors (Lipinski definition) is 1. The number of anilines is 2. The van der Waals surface area contributed by atoms with Gasteiger partial charge in [-0.25, -0.2) is 4.98 Å². The van der Waals surface area contributed by atoms with Crippen LogP contribution in [-0.2, 0) is 11.3 Å². The van der Waals surface area contributed by atoms with E-state index in [4.69, 9.17) is 14.2 Å². The van der Waals surface area contributed by atoms with Crippen LogP contribution in [0.15, 0.2) is 40.2 Å². The van der Waals surface area contributed by atoms with Crippen LogP contribution in [0.3, 0.4) is 0 Å². The summed E-state index contributed by atoms with van der Waals surface area (Å²) in [5.74, 6) is 1.31. The number of methoxy groups -OCH3 is 1. The molecule has 1 aliphatic heterocycles. The molecular weight excluding hydrogens is 350 g/mol. The first-order chi connectivity index (χ1) is 12.7. The molecule has 8 heteroatoms. The average molecular weight is 371 g/mol. The molecule has 0 saturated carbocycles. The maximum absolute atomic E-state index is 5.56. The number of nitrogens with one attached hydrogen (secondary N) is 1. The molecule has 0 amide bonds. The standard InChI is InChI=1S/C18H21N5O2S/c1-12-19-17(25-22-12)16-8-15(24-2)10-23(16)9-14-11-26-18(21-14)20-13-6-4-3-5-7-13/h3-7,11,15-16H,8-10H2,1-2H3,(H,20,21)/t15-,16+/m0/s1. The third-order valence-electron chi connectivity index (χ3n) is 4.47. The zero-order chi connectivity index (χ0) is 17.9. The summed E-state index contributed by atoms with van der Waals surface area (Å²) in [6.45, 7) is 3.38. The fraction of sp³-hybridized carbons (Fsp3) is 0.389. The van der Waals surface area contributed by atoms with Crippen LogP contribution in [0.5, 0.6) is 0 Å². The Hall–Kier alpha value is -2.29. The number of aromatic nitrogens is 3. The van der Waals surface area contributed by atoms with Gasteiger partial charge < -0.3 is 14.6 Å². The molecule has 4 rings (SSSR count). The number of thiazole rings is 1. The van der Waals surface area contributed by atoms with Crippen molar-refractivity contribution >= 4 is 22.2 Å². The lowest BCUT2D eigenvalue weighted by Gasteiger charge is -2.19. The highest BCUT2D eigenvalue weighted by atomic mass is 32.1. The van der Waals surface area contributed by atoms with Gasteiger partial charge in [0.2, 0.25) is 5.89 Å². The van der Waals surface area contributed by atoms with E-state index in [0.717, 1.165) is 36.0 Å². The molecule has 0 spiro atoms. The van der Waals surface area contributed by atoms with Crippen LogP contribution in [0.2, 0.25) is 0 Å². The Morgan fingerprint density at radius 1 is 1.31 bits per heavy atom. The number of rotatable bonds is 6. The van der Waals surface area contributed by atoms with Crippen molar-refractivity contribution in [2.24, 2.45) is 0 Å². The Bertz CT molecular complexity index is 850. The maximum atomic E-state index is 5.56. The normalized spacial score (nSPS) is 20.5. The first-order valence-corrected chi connectivity index (χ1v) is 9.43. The van der Waals surface area contributed by atoms with E-state index in [9.17, 15) is 0 Å². The van der Waals surface area contributed by atoms with Crippen LogP contribution < -0.4 is 5.32 Å². The Kier molecular flexibility index (Phi) is 4.96. The molecule has 2 aromatic heterocycles. The molecule has 1 N–H and O–H groups in total. The van der Waals surface area contributed by atoms with Crippen molar-refractivity contribution in [2.75, 3.05) is 19.0 Å². The number of benzene rings is 1. The molecule has 3 aromatic rings. The zero-order valence-corrected chi connectivity index (χ0v) is 15.6. The summed E-state index contributed by atoms with van der Waals surface area (Å²) in [6.07, 6.45) is 1.00. The summed E-state index contributed by atoms with van der Waals surface area (Å²) in [5.41, 5.74) is 2.06. The van der Waals surface area contributed by atoms with Crippen molar-refractivity contribution in [1.29, 1.82) is 0 Å². The summed E-state index contributed by atoms with van der Waals surface area (Å²) in [7, 11) is 1.75. The molecule has 1 aromatic carbocycles. The smallest absolute Gasteiger partial charge is 0.244 e. The van der Waals surface area contributed by atoms with E-state index in [-0.39, 0.29) is 12.1 Å². The van der Waals surface area contributed by atoms with Crippen LogP contribution in [-0.4, -0.2) is 39.8 Å². The molecule has 0 radical (unpaired) electrons. The topological polar surface area (TPSA) is 76.3 Å². The maximum Gasteiger partial charge on any atom is 0.244 e. The molecule has 2 atom stereocenters. The van der Waals surface area contributed by atoms with Gasteiger partial charge >= 0.3 is 0 Å². The van der Waals surface area contributed by atoms with Crippen LogP contribution in [0, 0.1) is 6.92 Å². The van der Waals surface area contributed by atoms with E-state index in [1.165, 1.54) is 0 Å². The molecule has 1 fully saturated rings. The Morgan fingerprint density at radius 2 is 2.15 bits per heavy atom. The third kappa shape index (κ3) is 3.77. The predicted octanol–water partition coefficient (Wildman–Crippen LogP) is 3.54. The molecular formula is C18H21N5O2S. The second kappa shape index (κ2) is 7.53. The van der Waals surface area contributed by atoms with Crippen LogP contribution in [0.1, 0.15) is 29.9 Å². The summed E-state index contributed by atoms with van der Waals surface area (Å²) in [5, 5.41) is 10.2. The lowest BCUT2D eigenvalue weighted by Crippen LogP contribution is -2.25. The molecule has 3 heterocycles. The fourth-order valence-corrected chi connectivity index (χ4v) is 3.92. The largest absolute Gasteiger partial charge is 0.380 e. The van der Waals surface area contributed by atoms with E-state index in [2.05, 4.69) is 25.7 Å². The minimum Gasteiger partial charge on any atom is -0.380 e. The van der Waals surface area contributed by atoms with Gasteiger partial charge in [0, 0.05) is 31.3 Å². The predicted molar refractivity (Wildman–Crippen MR) is 99.4 cm³/mol. The van der Waals surface area contributed by atoms with Crippen LogP contribution in [0.25, 0.3) is 0 Å². The molecule has 1 aliphatic rings. The molecule has 0 unspecified atom stereocenters. The Morgan fingerprint density at radius 3 is 2.88 bits per heavy atom. The SMILES string of the molecule is CO[C@H]1C[C@H](c2nc(C)no2)N(Cc2csc(Nc3ccccc3)n2)C1. The molecule has 7 nitrogen and oxygen atoms in total. The van der Waals surface area contributed by atoms with Crippen molar-refractivity contribution in [3.8, 4) is 0 Å². The monoisotopic (exact) mass is 371 g/mol. The molecule has 1 saturated heterocycles. The van der Waals surface area contributed by atoms with Gasteiger partial charge in [-0.3, -0.25) is 4.90 Å². The highest BCUT2D eigenvalue weighted by Gasteiger charge is 2.37. The van der Waals surface area contributed by atoms with Gasteiger partial charge in [0.15, 0.2) is 11.0 Å². The minimum absolute atomic E-state index is 0.0633. The zero-order valence-electron chi connectivity index (χ0n) is 14.8. The van der Waals surface area contributed by atoms with Gasteiger partial charge in [-0.15, -0.1) is 11.3 Å². The third-order valence-corrected chi connectivity index (χ3v) is 5.28. The number of aryl methyl sites for hydroxylation is 1. The first-order valence-electron chi connectivity index (χ1n) is 8.55. The second-order valence-corrected chi connectivity index (χ2v) is 7.21. The van der Waals surface area contributed by atoms with E-state index >= 15 is 0 Å². The average Bonchev–Trinajstić information content (AvgIpc) is 3.36. The van der Waals surface area contributed by atoms with Gasteiger partial charge in [0.1, 0.15) is 0 Å². The van der Waals surface area contributed by atoms with Crippen LogP contribution in [0.4, 0.5) is 10.8 Å². The summed E-state index contributed by atoms with van der Waals surface area (Å²) in [4.78, 5) is 11.4. The van der Waals surface area contributed by atoms with Crippen molar-refractivity contribution in [3.05, 3.63) is 53.1 Å². The molecule has 136 valence electrons. The number of nitrogens with zero attached hydrogens (tertiary/aromatic N) is 4. The van der Waals surface area contributed by atoms with Crippen molar-refractivity contribution in [3.63, 3.8) is 0 Å². The lowest BCUT2D eigenvalue weighted by molar-refractivity contribution is 0.107. The Labute approximate surface area is 156 Å². The second-order valence-electron chi connectivity index (χ2n) is 6.35. The van der Waals surface area contributed by atoms with Crippen LogP contribution >= 0.6 is 11.3 Å². The number of para-hydroxylation sites is 1. The van der Waals surface area contributed by atoms with Gasteiger partial charge in [0.05, 0.1) is 17.8 Å². The van der Waals surface area contributed by atoms with E-state index in [1.54, 1.807) is 18.4 Å². The first kappa shape index (κ1) is 17.1. The molecule has 26 heavy (non-hydrogen) atoms. The van der Waals surface area contributed by atoms with Gasteiger partial charge in [0.25, 0.3) is 0 Å². The quantitative estimate of drug-likeness (QED) is 0.710. The van der Waals surface area contributed by atoms with Gasteiger partial charge in [-0.1, -0.05) is 23.4 Å². The highest BCUT2D eigenvalue weighted by Crippen LogP contribution is 2.34. The fourth-order valence-electron chi connectivity index (χ4n) is 3.20. The summed E-state index contributed by atoms with van der Waals surface area (Å²) < 4.78 is 11.0. The Balaban J connectivity index is 1.46.